The Morgan fingerprint density at radius 1 is 1.15 bits per heavy atom. The SMILES string of the molecule is CC(C)N(C(=O)c1ncn(-c2c(Cl)cccc2Cl)c1C(F)(F)F)C(C)(C)C. The number of halogens is 5. The minimum absolute atomic E-state index is 0.0148. The standard InChI is InChI=1S/C18H20Cl2F3N3O/c1-10(2)26(17(3,4)5)16(27)13-15(18(21,22)23)25(9-24-13)14-11(19)7-6-8-12(14)20/h6-10H,1-5H3. The fourth-order valence-corrected chi connectivity index (χ4v) is 3.67. The zero-order chi connectivity index (χ0) is 20.7. The van der Waals surface area contributed by atoms with E-state index in [0.29, 0.717) is 0 Å². The van der Waals surface area contributed by atoms with E-state index in [4.69, 9.17) is 23.2 Å². The van der Waals surface area contributed by atoms with E-state index < -0.39 is 29.0 Å². The molecule has 1 aromatic carbocycles. The van der Waals surface area contributed by atoms with E-state index in [-0.39, 0.29) is 21.8 Å². The number of hydrogen-bond acceptors (Lipinski definition) is 2. The Morgan fingerprint density at radius 2 is 1.67 bits per heavy atom. The Hall–Kier alpha value is -1.73. The lowest BCUT2D eigenvalue weighted by molar-refractivity contribution is -0.142. The van der Waals surface area contributed by atoms with Crippen LogP contribution in [-0.4, -0.2) is 31.9 Å². The molecule has 0 aliphatic carbocycles. The molecule has 0 saturated carbocycles. The molecule has 9 heteroatoms. The third-order valence-electron chi connectivity index (χ3n) is 3.87. The van der Waals surface area contributed by atoms with Crippen LogP contribution < -0.4 is 0 Å². The van der Waals surface area contributed by atoms with E-state index in [0.717, 1.165) is 10.9 Å². The number of benzene rings is 1. The second kappa shape index (κ2) is 7.36. The number of alkyl halides is 3. The quantitative estimate of drug-likeness (QED) is 0.623. The van der Waals surface area contributed by atoms with Gasteiger partial charge >= 0.3 is 6.18 Å². The van der Waals surface area contributed by atoms with Crippen molar-refractivity contribution >= 4 is 29.1 Å². The average molecular weight is 422 g/mol. The van der Waals surface area contributed by atoms with Crippen molar-refractivity contribution in [2.24, 2.45) is 0 Å². The summed E-state index contributed by atoms with van der Waals surface area (Å²) in [6.45, 7) is 8.72. The first-order valence-electron chi connectivity index (χ1n) is 8.19. The summed E-state index contributed by atoms with van der Waals surface area (Å²) in [5.74, 6) is -0.813. The molecule has 4 nitrogen and oxygen atoms in total. The number of nitrogens with zero attached hydrogens (tertiary/aromatic N) is 3. The summed E-state index contributed by atoms with van der Waals surface area (Å²) >= 11 is 12.1. The number of aromatic nitrogens is 2. The van der Waals surface area contributed by atoms with Gasteiger partial charge in [0.2, 0.25) is 0 Å². The Labute approximate surface area is 165 Å². The fourth-order valence-electron chi connectivity index (χ4n) is 3.09. The first-order chi connectivity index (χ1) is 12.3. The second-order valence-electron chi connectivity index (χ2n) is 7.32. The van der Waals surface area contributed by atoms with Gasteiger partial charge in [0.1, 0.15) is 6.33 Å². The summed E-state index contributed by atoms with van der Waals surface area (Å²) in [6.07, 6.45) is -3.92. The third-order valence-corrected chi connectivity index (χ3v) is 4.48. The van der Waals surface area contributed by atoms with Gasteiger partial charge in [0.05, 0.1) is 15.7 Å². The monoisotopic (exact) mass is 421 g/mol. The zero-order valence-corrected chi connectivity index (χ0v) is 17.0. The number of carbonyl (C=O) groups is 1. The zero-order valence-electron chi connectivity index (χ0n) is 15.5. The van der Waals surface area contributed by atoms with Gasteiger partial charge in [-0.2, -0.15) is 13.2 Å². The largest absolute Gasteiger partial charge is 0.434 e. The number of hydrogen-bond donors (Lipinski definition) is 0. The lowest BCUT2D eigenvalue weighted by atomic mass is 10.0. The first kappa shape index (κ1) is 21.6. The Balaban J connectivity index is 2.74. The molecule has 0 spiro atoms. The number of para-hydroxylation sites is 1. The Bertz CT molecular complexity index is 834. The van der Waals surface area contributed by atoms with E-state index in [1.165, 1.54) is 23.1 Å². The molecular weight excluding hydrogens is 402 g/mol. The summed E-state index contributed by atoms with van der Waals surface area (Å²) in [5, 5.41) is 0.0295. The minimum atomic E-state index is -4.84. The highest BCUT2D eigenvalue weighted by molar-refractivity contribution is 6.37. The van der Waals surface area contributed by atoms with Crippen LogP contribution in [0.2, 0.25) is 10.0 Å². The normalized spacial score (nSPS) is 12.6. The molecule has 0 atom stereocenters. The highest BCUT2D eigenvalue weighted by atomic mass is 35.5. The van der Waals surface area contributed by atoms with Crippen LogP contribution in [0.15, 0.2) is 24.5 Å². The van der Waals surface area contributed by atoms with Crippen LogP contribution in [0.1, 0.15) is 50.8 Å². The molecule has 0 bridgehead atoms. The smallest absolute Gasteiger partial charge is 0.330 e. The molecule has 1 heterocycles. The molecule has 0 radical (unpaired) electrons. The molecule has 2 aromatic rings. The fraction of sp³-hybridized carbons (Fsp3) is 0.444. The summed E-state index contributed by atoms with van der Waals surface area (Å²) in [5.41, 5.74) is -2.67. The molecule has 0 fully saturated rings. The predicted molar refractivity (Wildman–Crippen MR) is 99.6 cm³/mol. The van der Waals surface area contributed by atoms with Crippen LogP contribution in [0.5, 0.6) is 0 Å². The molecule has 0 unspecified atom stereocenters. The second-order valence-corrected chi connectivity index (χ2v) is 8.13. The maximum atomic E-state index is 13.9. The van der Waals surface area contributed by atoms with E-state index >= 15 is 0 Å². The lowest BCUT2D eigenvalue weighted by Gasteiger charge is -2.38. The number of amides is 1. The number of imidazole rings is 1. The van der Waals surface area contributed by atoms with Gasteiger partial charge in [0.25, 0.3) is 5.91 Å². The molecule has 0 aliphatic heterocycles. The van der Waals surface area contributed by atoms with Crippen LogP contribution in [0.3, 0.4) is 0 Å². The van der Waals surface area contributed by atoms with Crippen LogP contribution in [-0.2, 0) is 6.18 Å². The van der Waals surface area contributed by atoms with Crippen LogP contribution in [0.25, 0.3) is 5.69 Å². The van der Waals surface area contributed by atoms with Crippen molar-refractivity contribution < 1.29 is 18.0 Å². The third kappa shape index (κ3) is 4.24. The highest BCUT2D eigenvalue weighted by Gasteiger charge is 2.43. The van der Waals surface area contributed by atoms with Crippen molar-refractivity contribution in [3.05, 3.63) is 46.0 Å². The van der Waals surface area contributed by atoms with Gasteiger partial charge in [0.15, 0.2) is 11.4 Å². The average Bonchev–Trinajstić information content (AvgIpc) is 2.89. The van der Waals surface area contributed by atoms with Gasteiger partial charge in [-0.15, -0.1) is 0 Å². The Morgan fingerprint density at radius 3 is 2.07 bits per heavy atom. The van der Waals surface area contributed by atoms with Gasteiger partial charge in [0, 0.05) is 11.6 Å². The van der Waals surface area contributed by atoms with Gasteiger partial charge in [-0.1, -0.05) is 29.3 Å². The van der Waals surface area contributed by atoms with Gasteiger partial charge in [-0.05, 0) is 46.8 Å². The summed E-state index contributed by atoms with van der Waals surface area (Å²) in [6, 6.07) is 4.03. The summed E-state index contributed by atoms with van der Waals surface area (Å²) in [7, 11) is 0. The van der Waals surface area contributed by atoms with Crippen molar-refractivity contribution in [3.63, 3.8) is 0 Å². The summed E-state index contributed by atoms with van der Waals surface area (Å²) < 4.78 is 42.4. The van der Waals surface area contributed by atoms with E-state index in [1.54, 1.807) is 34.6 Å². The summed E-state index contributed by atoms with van der Waals surface area (Å²) in [4.78, 5) is 18.2. The molecule has 0 saturated heterocycles. The maximum Gasteiger partial charge on any atom is 0.434 e. The minimum Gasteiger partial charge on any atom is -0.330 e. The Kier molecular flexibility index (Phi) is 5.88. The van der Waals surface area contributed by atoms with Crippen molar-refractivity contribution in [2.45, 2.75) is 52.4 Å². The van der Waals surface area contributed by atoms with E-state index in [1.807, 2.05) is 0 Å². The molecule has 0 aliphatic rings. The van der Waals surface area contributed by atoms with Crippen LogP contribution >= 0.6 is 23.2 Å². The molecule has 1 amide bonds. The predicted octanol–water partition coefficient (Wildman–Crippen LogP) is 5.85. The molecule has 1 aromatic heterocycles. The van der Waals surface area contributed by atoms with Crippen LogP contribution in [0, 0.1) is 0 Å². The van der Waals surface area contributed by atoms with Gasteiger partial charge < -0.3 is 4.90 Å². The highest BCUT2D eigenvalue weighted by Crippen LogP contribution is 2.38. The molecular formula is C18H20Cl2F3N3O. The van der Waals surface area contributed by atoms with Crippen LogP contribution in [0.4, 0.5) is 13.2 Å². The van der Waals surface area contributed by atoms with Crippen molar-refractivity contribution in [1.29, 1.82) is 0 Å². The maximum absolute atomic E-state index is 13.9. The lowest BCUT2D eigenvalue weighted by Crippen LogP contribution is -2.50. The molecule has 2 rings (SSSR count). The van der Waals surface area contributed by atoms with Gasteiger partial charge in [-0.3, -0.25) is 9.36 Å². The molecule has 0 N–H and O–H groups in total. The van der Waals surface area contributed by atoms with E-state index in [2.05, 4.69) is 4.98 Å². The first-order valence-corrected chi connectivity index (χ1v) is 8.95. The molecule has 27 heavy (non-hydrogen) atoms. The molecule has 148 valence electrons. The van der Waals surface area contributed by atoms with Crippen molar-refractivity contribution in [3.8, 4) is 5.69 Å². The van der Waals surface area contributed by atoms with Gasteiger partial charge in [-0.25, -0.2) is 4.98 Å². The topological polar surface area (TPSA) is 38.1 Å². The number of rotatable bonds is 3. The van der Waals surface area contributed by atoms with Crippen molar-refractivity contribution in [1.82, 2.24) is 14.5 Å². The van der Waals surface area contributed by atoms with Crippen molar-refractivity contribution in [2.75, 3.05) is 0 Å². The van der Waals surface area contributed by atoms with E-state index in [9.17, 15) is 18.0 Å². The number of carbonyl (C=O) groups excluding carboxylic acids is 1.